The zero-order valence-corrected chi connectivity index (χ0v) is 13.2. The van der Waals surface area contributed by atoms with E-state index >= 15 is 0 Å². The van der Waals surface area contributed by atoms with E-state index in [1.54, 1.807) is 0 Å². The first-order chi connectivity index (χ1) is 8.84. The minimum atomic E-state index is -0.182. The lowest BCUT2D eigenvalue weighted by molar-refractivity contribution is 0.112. The minimum absolute atomic E-state index is 0.182. The largest absolute Gasteiger partial charge is 0.298 e. The third kappa shape index (κ3) is 2.63. The van der Waals surface area contributed by atoms with Crippen molar-refractivity contribution in [3.8, 4) is 11.3 Å². The van der Waals surface area contributed by atoms with E-state index in [4.69, 9.17) is 0 Å². The van der Waals surface area contributed by atoms with Gasteiger partial charge in [0.25, 0.3) is 0 Å². The van der Waals surface area contributed by atoms with Crippen molar-refractivity contribution in [1.82, 2.24) is 9.78 Å². The van der Waals surface area contributed by atoms with Crippen LogP contribution in [0.1, 0.15) is 36.7 Å². The van der Waals surface area contributed by atoms with Gasteiger partial charge >= 0.3 is 0 Å². The molecule has 2 rings (SSSR count). The van der Waals surface area contributed by atoms with Crippen LogP contribution in [0.25, 0.3) is 11.3 Å². The van der Waals surface area contributed by atoms with Crippen LogP contribution in [0.3, 0.4) is 0 Å². The topological polar surface area (TPSA) is 34.9 Å². The molecule has 0 bridgehead atoms. The Labute approximate surface area is 121 Å². The molecule has 100 valence electrons. The lowest BCUT2D eigenvalue weighted by atomic mass is 10.1. The van der Waals surface area contributed by atoms with E-state index in [9.17, 15) is 4.79 Å². The minimum Gasteiger partial charge on any atom is -0.298 e. The van der Waals surface area contributed by atoms with Crippen LogP contribution >= 0.6 is 15.9 Å². The number of carbonyl (C=O) groups is 1. The van der Waals surface area contributed by atoms with Crippen molar-refractivity contribution in [2.75, 3.05) is 0 Å². The highest BCUT2D eigenvalue weighted by atomic mass is 79.9. The molecule has 1 aromatic carbocycles. The van der Waals surface area contributed by atoms with Crippen LogP contribution in [0.15, 0.2) is 28.9 Å². The summed E-state index contributed by atoms with van der Waals surface area (Å²) in [6.07, 6.45) is 0.858. The molecule has 0 radical (unpaired) electrons. The molecule has 0 fully saturated rings. The molecule has 0 saturated carbocycles. The van der Waals surface area contributed by atoms with Crippen molar-refractivity contribution in [2.45, 2.75) is 33.2 Å². The number of aromatic nitrogens is 2. The molecule has 0 atom stereocenters. The maximum absolute atomic E-state index is 11.4. The van der Waals surface area contributed by atoms with Crippen LogP contribution < -0.4 is 0 Å². The first kappa shape index (κ1) is 14.0. The molecule has 1 aromatic heterocycles. The van der Waals surface area contributed by atoms with Crippen LogP contribution in [0.4, 0.5) is 0 Å². The normalized spacial score (nSPS) is 11.6. The fourth-order valence-electron chi connectivity index (χ4n) is 1.96. The maximum Gasteiger partial charge on any atom is 0.155 e. The summed E-state index contributed by atoms with van der Waals surface area (Å²) in [4.78, 5) is 11.4. The van der Waals surface area contributed by atoms with Gasteiger partial charge in [-0.3, -0.25) is 9.48 Å². The van der Waals surface area contributed by atoms with E-state index < -0.39 is 0 Å². The van der Waals surface area contributed by atoms with Crippen molar-refractivity contribution in [2.24, 2.45) is 0 Å². The lowest BCUT2D eigenvalue weighted by Gasteiger charge is -2.20. The number of halogens is 1. The monoisotopic (exact) mass is 320 g/mol. The third-order valence-corrected chi connectivity index (χ3v) is 3.67. The van der Waals surface area contributed by atoms with Crippen molar-refractivity contribution in [3.05, 3.63) is 40.0 Å². The smallest absolute Gasteiger partial charge is 0.155 e. The average Bonchev–Trinajstić information content (AvgIpc) is 2.66. The van der Waals surface area contributed by atoms with Gasteiger partial charge in [-0.1, -0.05) is 23.8 Å². The SMILES string of the molecule is Cc1cccc(-c2nn(C(C)(C)C)c(Br)c2C=O)c1. The van der Waals surface area contributed by atoms with E-state index in [1.807, 2.05) is 35.9 Å². The molecular formula is C15H17BrN2O. The number of benzene rings is 1. The van der Waals surface area contributed by atoms with E-state index in [-0.39, 0.29) is 5.54 Å². The number of hydrogen-bond donors (Lipinski definition) is 0. The Kier molecular flexibility index (Phi) is 3.63. The quantitative estimate of drug-likeness (QED) is 0.778. The molecule has 0 spiro atoms. The predicted octanol–water partition coefficient (Wildman–Crippen LogP) is 4.19. The molecule has 0 aliphatic heterocycles. The zero-order valence-electron chi connectivity index (χ0n) is 11.6. The molecule has 0 aliphatic carbocycles. The van der Waals surface area contributed by atoms with Crippen molar-refractivity contribution < 1.29 is 4.79 Å². The standard InChI is InChI=1S/C15H17BrN2O/c1-10-6-5-7-11(8-10)13-12(9-19)14(16)18(17-13)15(2,3)4/h5-9H,1-4H3. The molecule has 19 heavy (non-hydrogen) atoms. The van der Waals surface area contributed by atoms with Gasteiger partial charge in [-0.25, -0.2) is 0 Å². The summed E-state index contributed by atoms with van der Waals surface area (Å²) >= 11 is 3.48. The second kappa shape index (κ2) is 4.93. The van der Waals surface area contributed by atoms with E-state index in [0.717, 1.165) is 27.7 Å². The number of aldehydes is 1. The summed E-state index contributed by atoms with van der Waals surface area (Å²) in [6.45, 7) is 8.19. The van der Waals surface area contributed by atoms with Crippen LogP contribution in [0, 0.1) is 6.92 Å². The van der Waals surface area contributed by atoms with Crippen molar-refractivity contribution in [1.29, 1.82) is 0 Å². The fraction of sp³-hybridized carbons (Fsp3) is 0.333. The number of carbonyl (C=O) groups excluding carboxylic acids is 1. The molecule has 0 unspecified atom stereocenters. The molecule has 3 nitrogen and oxygen atoms in total. The Balaban J connectivity index is 2.68. The summed E-state index contributed by atoms with van der Waals surface area (Å²) < 4.78 is 2.57. The Hall–Kier alpha value is -1.42. The second-order valence-electron chi connectivity index (χ2n) is 5.62. The highest BCUT2D eigenvalue weighted by molar-refractivity contribution is 9.10. The number of aryl methyl sites for hydroxylation is 1. The molecule has 0 saturated heterocycles. The van der Waals surface area contributed by atoms with E-state index in [0.29, 0.717) is 5.56 Å². The molecule has 0 N–H and O–H groups in total. The van der Waals surface area contributed by atoms with Gasteiger partial charge in [0.2, 0.25) is 0 Å². The zero-order chi connectivity index (χ0) is 14.2. The molecular weight excluding hydrogens is 304 g/mol. The Bertz CT molecular complexity index is 624. The second-order valence-corrected chi connectivity index (χ2v) is 6.37. The van der Waals surface area contributed by atoms with Gasteiger partial charge in [-0.15, -0.1) is 0 Å². The van der Waals surface area contributed by atoms with Crippen LogP contribution in [0.2, 0.25) is 0 Å². The summed E-state index contributed by atoms with van der Waals surface area (Å²) in [5.74, 6) is 0. The summed E-state index contributed by atoms with van der Waals surface area (Å²) in [6, 6.07) is 8.01. The van der Waals surface area contributed by atoms with Gasteiger partial charge in [0.1, 0.15) is 10.3 Å². The maximum atomic E-state index is 11.4. The predicted molar refractivity (Wildman–Crippen MR) is 80.5 cm³/mol. The molecule has 2 aromatic rings. The van der Waals surface area contributed by atoms with Crippen molar-refractivity contribution >= 4 is 22.2 Å². The molecule has 4 heteroatoms. The van der Waals surface area contributed by atoms with Crippen LogP contribution in [-0.2, 0) is 5.54 Å². The third-order valence-electron chi connectivity index (χ3n) is 2.91. The highest BCUT2D eigenvalue weighted by Crippen LogP contribution is 2.31. The summed E-state index contributed by atoms with van der Waals surface area (Å²) in [5.41, 5.74) is 3.25. The fourth-order valence-corrected chi connectivity index (χ4v) is 2.86. The van der Waals surface area contributed by atoms with Crippen molar-refractivity contribution in [3.63, 3.8) is 0 Å². The number of nitrogens with zero attached hydrogens (tertiary/aromatic N) is 2. The molecule has 0 aliphatic rings. The van der Waals surface area contributed by atoms with Crippen LogP contribution in [0.5, 0.6) is 0 Å². The summed E-state index contributed by atoms with van der Waals surface area (Å²) in [5, 5.41) is 4.60. The van der Waals surface area contributed by atoms with E-state index in [1.165, 1.54) is 0 Å². The number of rotatable bonds is 2. The Morgan fingerprint density at radius 1 is 1.32 bits per heavy atom. The number of hydrogen-bond acceptors (Lipinski definition) is 2. The lowest BCUT2D eigenvalue weighted by Crippen LogP contribution is -2.23. The average molecular weight is 321 g/mol. The van der Waals surface area contributed by atoms with Gasteiger partial charge in [-0.2, -0.15) is 5.10 Å². The van der Waals surface area contributed by atoms with Gasteiger partial charge < -0.3 is 0 Å². The van der Waals surface area contributed by atoms with Gasteiger partial charge in [0, 0.05) is 5.56 Å². The first-order valence-electron chi connectivity index (χ1n) is 6.16. The van der Waals surface area contributed by atoms with Gasteiger partial charge in [0.05, 0.1) is 11.1 Å². The van der Waals surface area contributed by atoms with Gasteiger partial charge in [-0.05, 0) is 49.7 Å². The van der Waals surface area contributed by atoms with Gasteiger partial charge in [0.15, 0.2) is 6.29 Å². The molecule has 0 amide bonds. The first-order valence-corrected chi connectivity index (χ1v) is 6.95. The Morgan fingerprint density at radius 3 is 2.53 bits per heavy atom. The molecule has 1 heterocycles. The summed E-state index contributed by atoms with van der Waals surface area (Å²) in [7, 11) is 0. The Morgan fingerprint density at radius 2 is 2.00 bits per heavy atom. The van der Waals surface area contributed by atoms with Crippen LogP contribution in [-0.4, -0.2) is 16.1 Å². The highest BCUT2D eigenvalue weighted by Gasteiger charge is 2.23. The van der Waals surface area contributed by atoms with E-state index in [2.05, 4.69) is 41.8 Å².